The number of ether oxygens (including phenoxy) is 1. The van der Waals surface area contributed by atoms with E-state index in [1.54, 1.807) is 6.92 Å². The van der Waals surface area contributed by atoms with Crippen LogP contribution in [0.3, 0.4) is 0 Å². The van der Waals surface area contributed by atoms with E-state index in [1.807, 2.05) is 19.0 Å². The van der Waals surface area contributed by atoms with Gasteiger partial charge in [-0.15, -0.1) is 0 Å². The van der Waals surface area contributed by atoms with E-state index in [1.165, 1.54) is 0 Å². The van der Waals surface area contributed by atoms with Crippen LogP contribution in [-0.4, -0.2) is 75.7 Å². The molecule has 0 saturated heterocycles. The molecule has 0 rings (SSSR count). The minimum absolute atomic E-state index is 0.313. The Hall–Kier alpha value is -1.09. The Morgan fingerprint density at radius 2 is 1.45 bits per heavy atom. The molecule has 0 atom stereocenters. The first-order valence-corrected chi connectivity index (χ1v) is 8.06. The number of hydrogen-bond donors (Lipinski definition) is 3. The molecule has 0 spiro atoms. The summed E-state index contributed by atoms with van der Waals surface area (Å²) in [4.78, 5) is 12.7. The fourth-order valence-corrected chi connectivity index (χ4v) is 0.444. The van der Waals surface area contributed by atoms with Gasteiger partial charge in [0.05, 0.1) is 7.11 Å². The topological polar surface area (TPSA) is 168 Å². The van der Waals surface area contributed by atoms with Crippen LogP contribution in [0.25, 0.3) is 0 Å². The molecule has 0 saturated carbocycles. The summed E-state index contributed by atoms with van der Waals surface area (Å²) in [5.41, 5.74) is 0.448. The summed E-state index contributed by atoms with van der Waals surface area (Å²) in [6.07, 6.45) is 0. The van der Waals surface area contributed by atoms with Gasteiger partial charge in [0.25, 0.3) is 0 Å². The Bertz CT molecular complexity index is 515. The van der Waals surface area contributed by atoms with Crippen LogP contribution in [0.15, 0.2) is 12.2 Å². The first-order chi connectivity index (χ1) is 9.60. The van der Waals surface area contributed by atoms with Crippen LogP contribution in [0.4, 0.5) is 0 Å². The van der Waals surface area contributed by atoms with Crippen molar-refractivity contribution in [1.82, 2.24) is 4.90 Å². The van der Waals surface area contributed by atoms with E-state index in [2.05, 4.69) is 10.8 Å². The SMILES string of the molecule is C=C(C)C(=O)OCCN(C)C.COS(=O)(=O)O.O=S(=O)(O)O. The summed E-state index contributed by atoms with van der Waals surface area (Å²) in [6.45, 7) is 6.28. The van der Waals surface area contributed by atoms with Crippen molar-refractivity contribution < 1.29 is 44.2 Å². The number of nitrogens with zero attached hydrogens (tertiary/aromatic N) is 1. The maximum absolute atomic E-state index is 10.8. The van der Waals surface area contributed by atoms with Gasteiger partial charge in [-0.1, -0.05) is 6.58 Å². The van der Waals surface area contributed by atoms with E-state index < -0.39 is 20.8 Å². The quantitative estimate of drug-likeness (QED) is 0.324. The van der Waals surface area contributed by atoms with Gasteiger partial charge in [-0.05, 0) is 21.0 Å². The van der Waals surface area contributed by atoms with Crippen molar-refractivity contribution >= 4 is 26.8 Å². The van der Waals surface area contributed by atoms with E-state index in [0.29, 0.717) is 12.2 Å². The summed E-state index contributed by atoms with van der Waals surface area (Å²) < 4.78 is 66.1. The number of carbonyl (C=O) groups excluding carboxylic acids is 1. The van der Waals surface area contributed by atoms with Gasteiger partial charge in [-0.3, -0.25) is 17.8 Å². The Balaban J connectivity index is -0.000000277. The zero-order valence-electron chi connectivity index (χ0n) is 12.6. The van der Waals surface area contributed by atoms with Crippen LogP contribution in [0.1, 0.15) is 6.92 Å². The maximum atomic E-state index is 10.8. The molecule has 0 aromatic heterocycles. The highest BCUT2D eigenvalue weighted by atomic mass is 32.3. The standard InChI is InChI=1S/C8H15NO2.CH4O4S.H2O4S/c1-7(2)8(10)11-6-5-9(3)4;1-5-6(2,3)4;1-5(2,3)4/h1,5-6H2,2-4H3;1H3,(H,2,3,4);(H2,1,2,3,4). The van der Waals surface area contributed by atoms with Crippen molar-refractivity contribution in [1.29, 1.82) is 0 Å². The van der Waals surface area contributed by atoms with Crippen LogP contribution in [0, 0.1) is 0 Å². The third kappa shape index (κ3) is 42.8. The summed E-state index contributed by atoms with van der Waals surface area (Å²) in [5, 5.41) is 0. The highest BCUT2D eigenvalue weighted by molar-refractivity contribution is 7.80. The predicted molar refractivity (Wildman–Crippen MR) is 77.1 cm³/mol. The van der Waals surface area contributed by atoms with Crippen molar-refractivity contribution in [3.63, 3.8) is 0 Å². The van der Waals surface area contributed by atoms with Crippen molar-refractivity contribution in [3.8, 4) is 0 Å². The zero-order valence-corrected chi connectivity index (χ0v) is 14.2. The number of likely N-dealkylation sites (N-methyl/N-ethyl adjacent to an activating group) is 1. The summed E-state index contributed by atoms with van der Waals surface area (Å²) in [5.74, 6) is -0.313. The second-order valence-electron chi connectivity index (χ2n) is 3.76. The summed E-state index contributed by atoms with van der Waals surface area (Å²) in [6, 6.07) is 0. The average Bonchev–Trinajstić information content (AvgIpc) is 2.25. The Morgan fingerprint density at radius 1 is 1.14 bits per heavy atom. The molecule has 0 aromatic rings. The molecule has 0 amide bonds. The summed E-state index contributed by atoms with van der Waals surface area (Å²) >= 11 is 0. The molecule has 0 aliphatic heterocycles. The van der Waals surface area contributed by atoms with E-state index >= 15 is 0 Å². The molecule has 0 aliphatic rings. The van der Waals surface area contributed by atoms with Gasteiger partial charge >= 0.3 is 26.8 Å². The van der Waals surface area contributed by atoms with E-state index in [-0.39, 0.29) is 5.97 Å². The maximum Gasteiger partial charge on any atom is 0.397 e. The van der Waals surface area contributed by atoms with Crippen molar-refractivity contribution in [2.75, 3.05) is 34.4 Å². The Labute approximate surface area is 130 Å². The molecular weight excluding hydrogens is 346 g/mol. The van der Waals surface area contributed by atoms with E-state index in [9.17, 15) is 13.2 Å². The average molecular weight is 367 g/mol. The molecule has 0 radical (unpaired) electrons. The van der Waals surface area contributed by atoms with Crippen LogP contribution >= 0.6 is 0 Å². The van der Waals surface area contributed by atoms with E-state index in [0.717, 1.165) is 13.7 Å². The van der Waals surface area contributed by atoms with Gasteiger partial charge in [-0.25, -0.2) is 4.79 Å². The van der Waals surface area contributed by atoms with Crippen molar-refractivity contribution in [2.24, 2.45) is 0 Å². The Morgan fingerprint density at radius 3 is 1.64 bits per heavy atom. The van der Waals surface area contributed by atoms with Gasteiger partial charge in [0.2, 0.25) is 0 Å². The first kappa shape index (κ1) is 25.8. The number of carbonyl (C=O) groups is 1. The normalized spacial score (nSPS) is 10.7. The molecule has 0 fully saturated rings. The number of hydrogen-bond acceptors (Lipinski definition) is 8. The smallest absolute Gasteiger partial charge is 0.397 e. The number of rotatable bonds is 5. The van der Waals surface area contributed by atoms with Gasteiger partial charge < -0.3 is 9.64 Å². The fourth-order valence-electron chi connectivity index (χ4n) is 0.444. The minimum atomic E-state index is -4.67. The molecule has 0 aromatic carbocycles. The van der Waals surface area contributed by atoms with Crippen LogP contribution in [0.5, 0.6) is 0 Å². The lowest BCUT2D eigenvalue weighted by Gasteiger charge is -2.09. The minimum Gasteiger partial charge on any atom is -0.461 e. The highest BCUT2D eigenvalue weighted by Gasteiger charge is 2.01. The third-order valence-electron chi connectivity index (χ3n) is 1.33. The second kappa shape index (κ2) is 12.5. The van der Waals surface area contributed by atoms with Crippen LogP contribution in [0.2, 0.25) is 0 Å². The molecule has 134 valence electrons. The molecule has 0 aliphatic carbocycles. The third-order valence-corrected chi connectivity index (χ3v) is 1.75. The van der Waals surface area contributed by atoms with Gasteiger partial charge in [0.1, 0.15) is 6.61 Å². The zero-order chi connectivity index (χ0) is 18.6. The molecule has 3 N–H and O–H groups in total. The second-order valence-corrected chi connectivity index (χ2v) is 5.85. The van der Waals surface area contributed by atoms with Gasteiger partial charge in [0.15, 0.2) is 0 Å². The largest absolute Gasteiger partial charge is 0.461 e. The lowest BCUT2D eigenvalue weighted by molar-refractivity contribution is -0.139. The molecule has 13 heteroatoms. The Kier molecular flexibility index (Phi) is 14.6. The van der Waals surface area contributed by atoms with E-state index in [4.69, 9.17) is 26.8 Å². The lowest BCUT2D eigenvalue weighted by Crippen LogP contribution is -2.20. The molecule has 22 heavy (non-hydrogen) atoms. The number of esters is 1. The summed E-state index contributed by atoms with van der Waals surface area (Å²) in [7, 11) is -4.11. The van der Waals surface area contributed by atoms with Gasteiger partial charge in [0, 0.05) is 12.1 Å². The van der Waals surface area contributed by atoms with Crippen LogP contribution < -0.4 is 0 Å². The lowest BCUT2D eigenvalue weighted by atomic mass is 10.4. The van der Waals surface area contributed by atoms with Gasteiger partial charge in [-0.2, -0.15) is 16.8 Å². The monoisotopic (exact) mass is 367 g/mol. The predicted octanol–water partition coefficient (Wildman–Crippen LogP) is -0.550. The first-order valence-electron chi connectivity index (χ1n) is 5.30. The molecular formula is C9H21NO10S2. The van der Waals surface area contributed by atoms with Crippen LogP contribution in [-0.2, 0) is 34.5 Å². The molecule has 0 bridgehead atoms. The fraction of sp³-hybridized carbons (Fsp3) is 0.667. The molecule has 0 heterocycles. The van der Waals surface area contributed by atoms with Crippen molar-refractivity contribution in [2.45, 2.75) is 6.92 Å². The highest BCUT2D eigenvalue weighted by Crippen LogP contribution is 1.91. The van der Waals surface area contributed by atoms with Crippen molar-refractivity contribution in [3.05, 3.63) is 12.2 Å². The molecule has 0 unspecified atom stereocenters. The molecule has 11 nitrogen and oxygen atoms in total.